The maximum absolute atomic E-state index is 12.6. The van der Waals surface area contributed by atoms with Gasteiger partial charge in [-0.3, -0.25) is 4.79 Å². The highest BCUT2D eigenvalue weighted by Gasteiger charge is 2.24. The van der Waals surface area contributed by atoms with E-state index in [1.807, 2.05) is 4.90 Å². The Morgan fingerprint density at radius 1 is 1.33 bits per heavy atom. The van der Waals surface area contributed by atoms with Crippen LogP contribution in [-0.4, -0.2) is 60.2 Å². The van der Waals surface area contributed by atoms with Crippen molar-refractivity contribution in [2.45, 2.75) is 19.8 Å². The van der Waals surface area contributed by atoms with Crippen LogP contribution in [0.3, 0.4) is 0 Å². The van der Waals surface area contributed by atoms with Gasteiger partial charge in [0.25, 0.3) is 5.91 Å². The molecule has 2 aliphatic heterocycles. The van der Waals surface area contributed by atoms with Gasteiger partial charge in [-0.25, -0.2) is 9.97 Å². The third-order valence-electron chi connectivity index (χ3n) is 4.10. The third kappa shape index (κ3) is 3.32. The molecule has 0 aromatic carbocycles. The normalized spacial score (nSPS) is 23.2. The lowest BCUT2D eigenvalue weighted by Crippen LogP contribution is -2.40. The van der Waals surface area contributed by atoms with Crippen molar-refractivity contribution in [2.75, 3.05) is 44.3 Å². The van der Waals surface area contributed by atoms with Crippen LogP contribution in [0.1, 0.15) is 30.3 Å². The van der Waals surface area contributed by atoms with E-state index in [0.717, 1.165) is 32.6 Å². The fraction of sp³-hybridized carbons (Fsp3) is 0.667. The largest absolute Gasteiger partial charge is 0.378 e. The first-order valence-corrected chi connectivity index (χ1v) is 7.69. The number of hydrogen-bond acceptors (Lipinski definition) is 5. The molecule has 1 aromatic rings. The molecule has 1 amide bonds. The van der Waals surface area contributed by atoms with Crippen LogP contribution >= 0.6 is 0 Å². The predicted molar refractivity (Wildman–Crippen MR) is 79.4 cm³/mol. The van der Waals surface area contributed by atoms with Crippen molar-refractivity contribution in [1.82, 2.24) is 14.9 Å². The molecule has 1 aromatic heterocycles. The molecule has 2 saturated heterocycles. The van der Waals surface area contributed by atoms with Crippen molar-refractivity contribution in [3.05, 3.63) is 18.0 Å². The van der Waals surface area contributed by atoms with Gasteiger partial charge in [-0.15, -0.1) is 0 Å². The Bertz CT molecular complexity index is 502. The van der Waals surface area contributed by atoms with Gasteiger partial charge in [0.2, 0.25) is 5.95 Å². The first kappa shape index (κ1) is 14.3. The Kier molecular flexibility index (Phi) is 4.34. The topological polar surface area (TPSA) is 58.6 Å². The van der Waals surface area contributed by atoms with Crippen LogP contribution < -0.4 is 4.90 Å². The molecule has 3 rings (SSSR count). The number of ether oxygens (including phenoxy) is 1. The van der Waals surface area contributed by atoms with Crippen LogP contribution in [0.15, 0.2) is 12.3 Å². The van der Waals surface area contributed by atoms with Gasteiger partial charge in [0.05, 0.1) is 13.2 Å². The summed E-state index contributed by atoms with van der Waals surface area (Å²) in [6.45, 7) is 6.78. The molecule has 0 radical (unpaired) electrons. The summed E-state index contributed by atoms with van der Waals surface area (Å²) in [7, 11) is 0. The molecule has 114 valence electrons. The molecule has 21 heavy (non-hydrogen) atoms. The van der Waals surface area contributed by atoms with Crippen LogP contribution in [-0.2, 0) is 4.74 Å². The van der Waals surface area contributed by atoms with Gasteiger partial charge in [-0.1, -0.05) is 6.92 Å². The molecule has 6 heteroatoms. The maximum Gasteiger partial charge on any atom is 0.272 e. The van der Waals surface area contributed by atoms with E-state index in [1.54, 1.807) is 12.3 Å². The van der Waals surface area contributed by atoms with Crippen LogP contribution in [0.4, 0.5) is 5.95 Å². The summed E-state index contributed by atoms with van der Waals surface area (Å²) in [5.41, 5.74) is 0.501. The zero-order valence-electron chi connectivity index (χ0n) is 12.5. The number of aromatic nitrogens is 2. The second kappa shape index (κ2) is 6.39. The Morgan fingerprint density at radius 2 is 2.14 bits per heavy atom. The van der Waals surface area contributed by atoms with E-state index in [2.05, 4.69) is 21.8 Å². The smallest absolute Gasteiger partial charge is 0.272 e. The summed E-state index contributed by atoms with van der Waals surface area (Å²) in [4.78, 5) is 25.3. The van der Waals surface area contributed by atoms with Crippen LogP contribution in [0.2, 0.25) is 0 Å². The highest BCUT2D eigenvalue weighted by atomic mass is 16.5. The number of amides is 1. The molecule has 1 unspecified atom stereocenters. The van der Waals surface area contributed by atoms with E-state index in [1.165, 1.54) is 6.42 Å². The number of morpholine rings is 1. The van der Waals surface area contributed by atoms with Crippen LogP contribution in [0.5, 0.6) is 0 Å². The third-order valence-corrected chi connectivity index (χ3v) is 4.10. The summed E-state index contributed by atoms with van der Waals surface area (Å²) in [5.74, 6) is 1.23. The van der Waals surface area contributed by atoms with Gasteiger partial charge < -0.3 is 14.5 Å². The first-order valence-electron chi connectivity index (χ1n) is 7.69. The van der Waals surface area contributed by atoms with Gasteiger partial charge in [-0.05, 0) is 24.8 Å². The minimum absolute atomic E-state index is 0.0264. The molecule has 0 spiro atoms. The fourth-order valence-corrected chi connectivity index (χ4v) is 2.92. The van der Waals surface area contributed by atoms with Crippen LogP contribution in [0, 0.1) is 5.92 Å². The second-order valence-electron chi connectivity index (χ2n) is 5.84. The molecule has 2 aliphatic rings. The monoisotopic (exact) mass is 290 g/mol. The quantitative estimate of drug-likeness (QED) is 0.819. The van der Waals surface area contributed by atoms with Gasteiger partial charge in [-0.2, -0.15) is 0 Å². The summed E-state index contributed by atoms with van der Waals surface area (Å²) >= 11 is 0. The molecule has 0 bridgehead atoms. The van der Waals surface area contributed by atoms with Gasteiger partial charge >= 0.3 is 0 Å². The molecule has 1 atom stereocenters. The highest BCUT2D eigenvalue weighted by molar-refractivity contribution is 5.92. The zero-order chi connectivity index (χ0) is 14.7. The average Bonchev–Trinajstić information content (AvgIpc) is 2.55. The molecule has 0 N–H and O–H groups in total. The minimum atomic E-state index is 0.0264. The molecule has 0 aliphatic carbocycles. The minimum Gasteiger partial charge on any atom is -0.378 e. The SMILES string of the molecule is CC1CCCN(C(=O)c2ccnc(N3CCOCC3)n2)C1. The van der Waals surface area contributed by atoms with Gasteiger partial charge in [0, 0.05) is 32.4 Å². The number of carbonyl (C=O) groups excluding carboxylic acids is 1. The van der Waals surface area contributed by atoms with Crippen molar-refractivity contribution >= 4 is 11.9 Å². The van der Waals surface area contributed by atoms with Crippen molar-refractivity contribution < 1.29 is 9.53 Å². The average molecular weight is 290 g/mol. The molecule has 6 nitrogen and oxygen atoms in total. The first-order chi connectivity index (χ1) is 10.2. The van der Waals surface area contributed by atoms with E-state index >= 15 is 0 Å². The lowest BCUT2D eigenvalue weighted by atomic mass is 10.00. The van der Waals surface area contributed by atoms with Crippen molar-refractivity contribution in [1.29, 1.82) is 0 Å². The van der Waals surface area contributed by atoms with Gasteiger partial charge in [0.1, 0.15) is 5.69 Å². The number of hydrogen-bond donors (Lipinski definition) is 0. The summed E-state index contributed by atoms with van der Waals surface area (Å²) < 4.78 is 5.33. The van der Waals surface area contributed by atoms with E-state index in [0.29, 0.717) is 30.8 Å². The Labute approximate surface area is 125 Å². The molecular weight excluding hydrogens is 268 g/mol. The van der Waals surface area contributed by atoms with Crippen LogP contribution in [0.25, 0.3) is 0 Å². The van der Waals surface area contributed by atoms with E-state index < -0.39 is 0 Å². The predicted octanol–water partition coefficient (Wildman–Crippen LogP) is 1.19. The van der Waals surface area contributed by atoms with Crippen molar-refractivity contribution in [3.8, 4) is 0 Å². The number of likely N-dealkylation sites (tertiary alicyclic amines) is 1. The van der Waals surface area contributed by atoms with E-state index in [4.69, 9.17) is 4.74 Å². The summed E-state index contributed by atoms with van der Waals surface area (Å²) in [6.07, 6.45) is 3.96. The molecule has 2 fully saturated rings. The molecular formula is C15H22N4O2. The lowest BCUT2D eigenvalue weighted by molar-refractivity contribution is 0.0677. The summed E-state index contributed by atoms with van der Waals surface area (Å²) in [6, 6.07) is 1.71. The fourth-order valence-electron chi connectivity index (χ4n) is 2.92. The molecule has 0 saturated carbocycles. The number of nitrogens with zero attached hydrogens (tertiary/aromatic N) is 4. The zero-order valence-corrected chi connectivity index (χ0v) is 12.5. The number of piperidine rings is 1. The van der Waals surface area contributed by atoms with Crippen molar-refractivity contribution in [3.63, 3.8) is 0 Å². The number of rotatable bonds is 2. The summed E-state index contributed by atoms with van der Waals surface area (Å²) in [5, 5.41) is 0. The maximum atomic E-state index is 12.6. The molecule has 3 heterocycles. The number of carbonyl (C=O) groups is 1. The Balaban J connectivity index is 1.74. The Hall–Kier alpha value is -1.69. The standard InChI is InChI=1S/C15H22N4O2/c1-12-3-2-6-19(11-12)14(20)13-4-5-16-15(17-13)18-7-9-21-10-8-18/h4-5,12H,2-3,6-11H2,1H3. The second-order valence-corrected chi connectivity index (χ2v) is 5.84. The van der Waals surface area contributed by atoms with E-state index in [-0.39, 0.29) is 5.91 Å². The lowest BCUT2D eigenvalue weighted by Gasteiger charge is -2.31. The van der Waals surface area contributed by atoms with Crippen molar-refractivity contribution in [2.24, 2.45) is 5.92 Å². The Morgan fingerprint density at radius 3 is 2.90 bits per heavy atom. The highest BCUT2D eigenvalue weighted by Crippen LogP contribution is 2.18. The van der Waals surface area contributed by atoms with E-state index in [9.17, 15) is 4.79 Å². The number of anilines is 1. The van der Waals surface area contributed by atoms with Gasteiger partial charge in [0.15, 0.2) is 0 Å².